The topological polar surface area (TPSA) is 70.8 Å². The molecule has 0 aliphatic heterocycles. The first-order valence-electron chi connectivity index (χ1n) is 5.93. The first-order valence-corrected chi connectivity index (χ1v) is 8.17. The van der Waals surface area contributed by atoms with Crippen molar-refractivity contribution in [1.29, 1.82) is 0 Å². The number of nitrogens with zero attached hydrogens (tertiary/aromatic N) is 1. The lowest BCUT2D eigenvalue weighted by Gasteiger charge is -2.17. The Kier molecular flexibility index (Phi) is 4.82. The van der Waals surface area contributed by atoms with Crippen LogP contribution >= 0.6 is 15.9 Å². The predicted molar refractivity (Wildman–Crippen MR) is 77.4 cm³/mol. The van der Waals surface area contributed by atoms with Crippen molar-refractivity contribution >= 4 is 26.0 Å². The lowest BCUT2D eigenvalue weighted by atomic mass is 10.2. The Bertz CT molecular complexity index is 731. The Morgan fingerprint density at radius 3 is 2.71 bits per heavy atom. The van der Waals surface area contributed by atoms with E-state index in [2.05, 4.69) is 15.9 Å². The van der Waals surface area contributed by atoms with Crippen molar-refractivity contribution in [3.63, 3.8) is 0 Å². The van der Waals surface area contributed by atoms with Gasteiger partial charge in [-0.2, -0.15) is 4.31 Å². The van der Waals surface area contributed by atoms with Crippen molar-refractivity contribution in [2.45, 2.75) is 18.0 Å². The van der Waals surface area contributed by atoms with E-state index in [9.17, 15) is 12.8 Å². The number of halogens is 2. The molecule has 0 radical (unpaired) electrons. The van der Waals surface area contributed by atoms with Gasteiger partial charge >= 0.3 is 0 Å². The molecular weight excluding hydrogens is 365 g/mol. The van der Waals surface area contributed by atoms with E-state index in [0.717, 1.165) is 4.31 Å². The van der Waals surface area contributed by atoms with Gasteiger partial charge in [0.05, 0.1) is 19.4 Å². The maximum absolute atomic E-state index is 14.2. The molecule has 0 aliphatic carbocycles. The number of hydrogen-bond acceptors (Lipinski definition) is 4. The number of furan rings is 1. The third-order valence-corrected chi connectivity index (χ3v) is 5.16. The van der Waals surface area contributed by atoms with Crippen LogP contribution in [0, 0.1) is 5.82 Å². The van der Waals surface area contributed by atoms with Crippen LogP contribution in [-0.2, 0) is 23.2 Å². The SMILES string of the molecule is CN(Cc1ccco1)S(=O)(=O)c1cc(Br)cc(CO)c1F. The van der Waals surface area contributed by atoms with Crippen LogP contribution in [-0.4, -0.2) is 24.9 Å². The first kappa shape index (κ1) is 16.2. The van der Waals surface area contributed by atoms with Crippen LogP contribution in [0.4, 0.5) is 4.39 Å². The molecule has 2 rings (SSSR count). The van der Waals surface area contributed by atoms with E-state index in [-0.39, 0.29) is 12.1 Å². The summed E-state index contributed by atoms with van der Waals surface area (Å²) in [6.45, 7) is -0.606. The zero-order chi connectivity index (χ0) is 15.6. The molecule has 1 aromatic heterocycles. The smallest absolute Gasteiger partial charge is 0.246 e. The Morgan fingerprint density at radius 1 is 1.43 bits per heavy atom. The third-order valence-electron chi connectivity index (χ3n) is 2.90. The van der Waals surface area contributed by atoms with Crippen molar-refractivity contribution in [1.82, 2.24) is 4.31 Å². The maximum Gasteiger partial charge on any atom is 0.246 e. The molecule has 0 unspecified atom stereocenters. The Hall–Kier alpha value is -1.22. The number of aliphatic hydroxyl groups excluding tert-OH is 1. The summed E-state index contributed by atoms with van der Waals surface area (Å²) in [7, 11) is -2.71. The van der Waals surface area contributed by atoms with Gasteiger partial charge < -0.3 is 9.52 Å². The van der Waals surface area contributed by atoms with E-state index in [1.165, 1.54) is 25.4 Å². The molecule has 1 heterocycles. The van der Waals surface area contributed by atoms with E-state index < -0.39 is 27.3 Å². The summed E-state index contributed by atoms with van der Waals surface area (Å²) in [6.07, 6.45) is 1.43. The Labute approximate surface area is 130 Å². The molecule has 2 aromatic rings. The minimum Gasteiger partial charge on any atom is -0.468 e. The van der Waals surface area contributed by atoms with Crippen molar-refractivity contribution in [2.75, 3.05) is 7.05 Å². The van der Waals surface area contributed by atoms with Crippen LogP contribution in [0.25, 0.3) is 0 Å². The molecule has 0 saturated heterocycles. The van der Waals surface area contributed by atoms with E-state index in [4.69, 9.17) is 9.52 Å². The molecule has 8 heteroatoms. The van der Waals surface area contributed by atoms with Crippen LogP contribution in [0.1, 0.15) is 11.3 Å². The molecule has 0 bridgehead atoms. The summed E-state index contributed by atoms with van der Waals surface area (Å²) in [4.78, 5) is -0.491. The largest absolute Gasteiger partial charge is 0.468 e. The van der Waals surface area contributed by atoms with E-state index in [1.807, 2.05) is 0 Å². The van der Waals surface area contributed by atoms with Gasteiger partial charge in [0.1, 0.15) is 16.5 Å². The molecule has 0 spiro atoms. The van der Waals surface area contributed by atoms with Gasteiger partial charge in [0.15, 0.2) is 0 Å². The third kappa shape index (κ3) is 3.34. The van der Waals surface area contributed by atoms with E-state index in [0.29, 0.717) is 10.2 Å². The molecule has 1 aromatic carbocycles. The number of aliphatic hydroxyl groups is 1. The monoisotopic (exact) mass is 377 g/mol. The van der Waals surface area contributed by atoms with Gasteiger partial charge in [-0.25, -0.2) is 12.8 Å². The Balaban J connectivity index is 2.41. The maximum atomic E-state index is 14.2. The molecule has 1 N–H and O–H groups in total. The van der Waals surface area contributed by atoms with E-state index >= 15 is 0 Å². The highest BCUT2D eigenvalue weighted by molar-refractivity contribution is 9.10. The van der Waals surface area contributed by atoms with Crippen molar-refractivity contribution in [2.24, 2.45) is 0 Å². The normalized spacial score (nSPS) is 12.0. The molecule has 21 heavy (non-hydrogen) atoms. The second-order valence-corrected chi connectivity index (χ2v) is 7.30. The number of hydrogen-bond donors (Lipinski definition) is 1. The zero-order valence-corrected chi connectivity index (χ0v) is 13.5. The molecule has 5 nitrogen and oxygen atoms in total. The van der Waals surface area contributed by atoms with Gasteiger partial charge in [-0.1, -0.05) is 15.9 Å². The van der Waals surface area contributed by atoms with Crippen LogP contribution in [0.3, 0.4) is 0 Å². The second kappa shape index (κ2) is 6.27. The molecule has 0 amide bonds. The molecular formula is C13H13BrFNO4S. The molecule has 0 saturated carbocycles. The minimum absolute atomic E-state index is 0.0181. The first-order chi connectivity index (χ1) is 9.86. The number of benzene rings is 1. The van der Waals surface area contributed by atoms with Gasteiger partial charge in [0.2, 0.25) is 10.0 Å². The second-order valence-electron chi connectivity index (χ2n) is 4.38. The summed E-state index contributed by atoms with van der Waals surface area (Å²) in [5.41, 5.74) is -0.0886. The minimum atomic E-state index is -4.04. The predicted octanol–water partition coefficient (Wildman–Crippen LogP) is 2.49. The van der Waals surface area contributed by atoms with Crippen molar-refractivity contribution in [3.05, 3.63) is 52.1 Å². The van der Waals surface area contributed by atoms with Gasteiger partial charge in [-0.15, -0.1) is 0 Å². The fourth-order valence-corrected chi connectivity index (χ4v) is 3.72. The van der Waals surface area contributed by atoms with Crippen LogP contribution in [0.5, 0.6) is 0 Å². The van der Waals surface area contributed by atoms with Crippen molar-refractivity contribution < 1.29 is 22.3 Å². The Morgan fingerprint density at radius 2 is 2.14 bits per heavy atom. The molecule has 0 fully saturated rings. The van der Waals surface area contributed by atoms with Gasteiger partial charge in [0.25, 0.3) is 0 Å². The van der Waals surface area contributed by atoms with Gasteiger partial charge in [0, 0.05) is 17.1 Å². The van der Waals surface area contributed by atoms with Crippen molar-refractivity contribution in [3.8, 4) is 0 Å². The quantitative estimate of drug-likeness (QED) is 0.868. The fraction of sp³-hybridized carbons (Fsp3) is 0.231. The van der Waals surface area contributed by atoms with Crippen LogP contribution < -0.4 is 0 Å². The summed E-state index contributed by atoms with van der Waals surface area (Å²) in [6, 6.07) is 5.77. The summed E-state index contributed by atoms with van der Waals surface area (Å²) < 4.78 is 45.5. The van der Waals surface area contributed by atoms with Crippen LogP contribution in [0.2, 0.25) is 0 Å². The van der Waals surface area contributed by atoms with Gasteiger partial charge in [-0.05, 0) is 24.3 Å². The summed E-state index contributed by atoms with van der Waals surface area (Å²) >= 11 is 3.11. The number of sulfonamides is 1. The highest BCUT2D eigenvalue weighted by atomic mass is 79.9. The summed E-state index contributed by atoms with van der Waals surface area (Å²) in [5.74, 6) is -0.508. The average Bonchev–Trinajstić information content (AvgIpc) is 2.93. The standard InChI is InChI=1S/C13H13BrFNO4S/c1-16(7-11-3-2-4-20-11)21(18,19)12-6-10(14)5-9(8-17)13(12)15/h2-6,17H,7-8H2,1H3. The van der Waals surface area contributed by atoms with Crippen LogP contribution in [0.15, 0.2) is 44.3 Å². The lowest BCUT2D eigenvalue weighted by Crippen LogP contribution is -2.27. The lowest BCUT2D eigenvalue weighted by molar-refractivity contribution is 0.274. The molecule has 0 aliphatic rings. The highest BCUT2D eigenvalue weighted by Crippen LogP contribution is 2.27. The fourth-order valence-electron chi connectivity index (χ4n) is 1.80. The van der Waals surface area contributed by atoms with Gasteiger partial charge in [-0.3, -0.25) is 0 Å². The zero-order valence-electron chi connectivity index (χ0n) is 11.1. The summed E-state index contributed by atoms with van der Waals surface area (Å²) in [5, 5.41) is 9.09. The molecule has 114 valence electrons. The highest BCUT2D eigenvalue weighted by Gasteiger charge is 2.27. The number of rotatable bonds is 5. The average molecular weight is 378 g/mol. The molecule has 0 atom stereocenters. The van der Waals surface area contributed by atoms with E-state index in [1.54, 1.807) is 12.1 Å².